The summed E-state index contributed by atoms with van der Waals surface area (Å²) >= 11 is 5.93. The summed E-state index contributed by atoms with van der Waals surface area (Å²) < 4.78 is 0. The van der Waals surface area contributed by atoms with Crippen molar-refractivity contribution in [3.63, 3.8) is 0 Å². The van der Waals surface area contributed by atoms with Gasteiger partial charge in [0.25, 0.3) is 0 Å². The van der Waals surface area contributed by atoms with E-state index in [-0.39, 0.29) is 11.4 Å². The van der Waals surface area contributed by atoms with Crippen molar-refractivity contribution in [3.8, 4) is 0 Å². The molecular weight excluding hydrogens is 246 g/mol. The van der Waals surface area contributed by atoms with Gasteiger partial charge in [-0.05, 0) is 33.3 Å². The van der Waals surface area contributed by atoms with Gasteiger partial charge in [-0.3, -0.25) is 4.79 Å². The summed E-state index contributed by atoms with van der Waals surface area (Å²) in [5, 5.41) is 0. The van der Waals surface area contributed by atoms with Gasteiger partial charge in [0.1, 0.15) is 0 Å². The largest absolute Gasteiger partial charge is 0.339 e. The molecule has 18 heavy (non-hydrogen) atoms. The molecule has 0 fully saturated rings. The summed E-state index contributed by atoms with van der Waals surface area (Å²) in [6.45, 7) is 7.84. The molecule has 1 amide bonds. The number of benzene rings is 1. The van der Waals surface area contributed by atoms with Crippen molar-refractivity contribution in [2.24, 2.45) is 0 Å². The van der Waals surface area contributed by atoms with Gasteiger partial charge < -0.3 is 4.90 Å². The van der Waals surface area contributed by atoms with Gasteiger partial charge in [-0.2, -0.15) is 0 Å². The highest BCUT2D eigenvalue weighted by Gasteiger charge is 2.37. The molecule has 100 valence electrons. The van der Waals surface area contributed by atoms with Crippen LogP contribution in [0.25, 0.3) is 0 Å². The highest BCUT2D eigenvalue weighted by Crippen LogP contribution is 2.28. The van der Waals surface area contributed by atoms with Gasteiger partial charge in [0.05, 0.1) is 11.0 Å². The molecule has 2 nitrogen and oxygen atoms in total. The fraction of sp³-hybridized carbons (Fsp3) is 0.533. The Bertz CT molecular complexity index is 412. The molecule has 0 aliphatic heterocycles. The van der Waals surface area contributed by atoms with E-state index in [1.807, 2.05) is 65.1 Å². The molecule has 0 bridgehead atoms. The Labute approximate surface area is 115 Å². The van der Waals surface area contributed by atoms with E-state index in [9.17, 15) is 4.79 Å². The maximum Gasteiger partial charge on any atom is 0.232 e. The normalized spacial score (nSPS) is 12.3. The van der Waals surface area contributed by atoms with Crippen LogP contribution in [0, 0.1) is 0 Å². The highest BCUT2D eigenvalue weighted by molar-refractivity contribution is 6.18. The first-order valence-corrected chi connectivity index (χ1v) is 6.66. The van der Waals surface area contributed by atoms with E-state index in [0.717, 1.165) is 5.56 Å². The van der Waals surface area contributed by atoms with Crippen molar-refractivity contribution in [2.45, 2.75) is 38.6 Å². The summed E-state index contributed by atoms with van der Waals surface area (Å²) in [6.07, 6.45) is 0. The predicted molar refractivity (Wildman–Crippen MR) is 77.0 cm³/mol. The number of alkyl halides is 1. The number of likely N-dealkylation sites (N-methyl/N-ethyl adjacent to an activating group) is 1. The van der Waals surface area contributed by atoms with Gasteiger partial charge >= 0.3 is 0 Å². The van der Waals surface area contributed by atoms with Crippen LogP contribution in [0.3, 0.4) is 0 Å². The highest BCUT2D eigenvalue weighted by atomic mass is 35.5. The lowest BCUT2D eigenvalue weighted by molar-refractivity contribution is -0.139. The Kier molecular flexibility index (Phi) is 4.44. The monoisotopic (exact) mass is 267 g/mol. The molecule has 0 saturated heterocycles. The van der Waals surface area contributed by atoms with Crippen LogP contribution < -0.4 is 0 Å². The van der Waals surface area contributed by atoms with E-state index in [4.69, 9.17) is 11.6 Å². The first kappa shape index (κ1) is 15.0. The third-order valence-electron chi connectivity index (χ3n) is 3.57. The smallest absolute Gasteiger partial charge is 0.232 e. The molecule has 0 aliphatic carbocycles. The fourth-order valence-corrected chi connectivity index (χ4v) is 1.94. The van der Waals surface area contributed by atoms with E-state index in [0.29, 0.717) is 5.88 Å². The van der Waals surface area contributed by atoms with Crippen LogP contribution >= 0.6 is 11.6 Å². The maximum absolute atomic E-state index is 12.6. The zero-order valence-electron chi connectivity index (χ0n) is 11.8. The average molecular weight is 268 g/mol. The lowest BCUT2D eigenvalue weighted by Gasteiger charge is -2.39. The van der Waals surface area contributed by atoms with Crippen molar-refractivity contribution in [1.82, 2.24) is 4.90 Å². The second-order valence-electron chi connectivity index (χ2n) is 5.80. The minimum absolute atomic E-state index is 0.0827. The average Bonchev–Trinajstić information content (AvgIpc) is 2.37. The standard InChI is InChI=1S/C15H22ClNO/c1-14(2,11-16)17(5)13(18)15(3,4)12-9-7-6-8-10-12/h6-10H,11H2,1-5H3. The van der Waals surface area contributed by atoms with Crippen LogP contribution in [0.1, 0.15) is 33.3 Å². The van der Waals surface area contributed by atoms with Gasteiger partial charge in [-0.25, -0.2) is 0 Å². The molecule has 0 radical (unpaired) electrons. The molecule has 0 N–H and O–H groups in total. The first-order valence-electron chi connectivity index (χ1n) is 6.13. The van der Waals surface area contributed by atoms with Crippen molar-refractivity contribution in [1.29, 1.82) is 0 Å². The first-order chi connectivity index (χ1) is 8.23. The van der Waals surface area contributed by atoms with Gasteiger partial charge in [0.2, 0.25) is 5.91 Å². The van der Waals surface area contributed by atoms with Crippen molar-refractivity contribution >= 4 is 17.5 Å². The third-order valence-corrected chi connectivity index (χ3v) is 4.22. The number of hydrogen-bond donors (Lipinski definition) is 0. The second-order valence-corrected chi connectivity index (χ2v) is 6.07. The number of halogens is 1. The van der Waals surface area contributed by atoms with Crippen LogP contribution in [0.4, 0.5) is 0 Å². The molecular formula is C15H22ClNO. The molecule has 0 heterocycles. The molecule has 1 aromatic carbocycles. The Hall–Kier alpha value is -1.02. The zero-order valence-corrected chi connectivity index (χ0v) is 12.6. The van der Waals surface area contributed by atoms with Crippen molar-refractivity contribution in [3.05, 3.63) is 35.9 Å². The number of carbonyl (C=O) groups excluding carboxylic acids is 1. The van der Waals surface area contributed by atoms with Crippen LogP contribution in [0.5, 0.6) is 0 Å². The van der Waals surface area contributed by atoms with Crippen molar-refractivity contribution in [2.75, 3.05) is 12.9 Å². The quantitative estimate of drug-likeness (QED) is 0.766. The van der Waals surface area contributed by atoms with E-state index in [1.165, 1.54) is 0 Å². The molecule has 0 unspecified atom stereocenters. The van der Waals surface area contributed by atoms with E-state index < -0.39 is 5.41 Å². The number of hydrogen-bond acceptors (Lipinski definition) is 1. The van der Waals surface area contributed by atoms with Crippen LogP contribution in [-0.2, 0) is 10.2 Å². The maximum atomic E-state index is 12.6. The Morgan fingerprint density at radius 2 is 1.67 bits per heavy atom. The molecule has 0 saturated carbocycles. The van der Waals surface area contributed by atoms with Gasteiger partial charge in [0.15, 0.2) is 0 Å². The number of rotatable bonds is 4. The topological polar surface area (TPSA) is 20.3 Å². The van der Waals surface area contributed by atoms with Gasteiger partial charge in [-0.1, -0.05) is 30.3 Å². The number of amides is 1. The summed E-state index contributed by atoms with van der Waals surface area (Å²) in [5.74, 6) is 0.500. The van der Waals surface area contributed by atoms with Gasteiger partial charge in [0, 0.05) is 12.9 Å². The summed E-state index contributed by atoms with van der Waals surface area (Å²) in [6, 6.07) is 9.84. The van der Waals surface area contributed by atoms with E-state index >= 15 is 0 Å². The Morgan fingerprint density at radius 3 is 2.11 bits per heavy atom. The van der Waals surface area contributed by atoms with Crippen LogP contribution in [0.15, 0.2) is 30.3 Å². The molecule has 1 rings (SSSR count). The van der Waals surface area contributed by atoms with Gasteiger partial charge in [-0.15, -0.1) is 11.6 Å². The van der Waals surface area contributed by atoms with E-state index in [2.05, 4.69) is 0 Å². The second kappa shape index (κ2) is 5.31. The molecule has 1 aromatic rings. The van der Waals surface area contributed by atoms with Crippen molar-refractivity contribution < 1.29 is 4.79 Å². The summed E-state index contributed by atoms with van der Waals surface area (Å²) in [4.78, 5) is 14.4. The summed E-state index contributed by atoms with van der Waals surface area (Å²) in [5.41, 5.74) is 0.136. The van der Waals surface area contributed by atoms with E-state index in [1.54, 1.807) is 4.90 Å². The molecule has 0 aliphatic rings. The van der Waals surface area contributed by atoms with Crippen LogP contribution in [-0.4, -0.2) is 29.3 Å². The van der Waals surface area contributed by atoms with Crippen LogP contribution in [0.2, 0.25) is 0 Å². The SMILES string of the molecule is CN(C(=O)C(C)(C)c1ccccc1)C(C)(C)CCl. The third kappa shape index (κ3) is 2.86. The lowest BCUT2D eigenvalue weighted by atomic mass is 9.82. The fourth-order valence-electron chi connectivity index (χ4n) is 1.76. The zero-order chi connectivity index (χ0) is 14.0. The molecule has 3 heteroatoms. The minimum Gasteiger partial charge on any atom is -0.339 e. The minimum atomic E-state index is -0.542. The lowest BCUT2D eigenvalue weighted by Crippen LogP contribution is -2.52. The molecule has 0 spiro atoms. The predicted octanol–water partition coefficient (Wildman–Crippen LogP) is 3.44. The summed E-state index contributed by atoms with van der Waals surface area (Å²) in [7, 11) is 1.81. The molecule has 0 aromatic heterocycles. The number of nitrogens with zero attached hydrogens (tertiary/aromatic N) is 1. The molecule has 0 atom stereocenters. The Balaban J connectivity index is 3.03. The number of carbonyl (C=O) groups is 1. The Morgan fingerprint density at radius 1 is 1.17 bits per heavy atom.